The van der Waals surface area contributed by atoms with Crippen LogP contribution in [0.2, 0.25) is 0 Å². The van der Waals surface area contributed by atoms with Gasteiger partial charge in [-0.25, -0.2) is 0 Å². The van der Waals surface area contributed by atoms with Crippen LogP contribution in [0.4, 0.5) is 0 Å². The van der Waals surface area contributed by atoms with Crippen LogP contribution in [0.25, 0.3) is 6.08 Å². The number of unbranched alkanes of at least 4 members (excludes halogenated alkanes) is 2. The van der Waals surface area contributed by atoms with E-state index in [9.17, 15) is 0 Å². The first-order chi connectivity index (χ1) is 11.9. The summed E-state index contributed by atoms with van der Waals surface area (Å²) < 4.78 is 5.87. The SMILES string of the molecule is CCCCCC(/C=C/c1ccccc1)CCOCc1ccccc1. The van der Waals surface area contributed by atoms with Crippen LogP contribution >= 0.6 is 0 Å². The maximum Gasteiger partial charge on any atom is 0.0716 e. The maximum absolute atomic E-state index is 5.87. The van der Waals surface area contributed by atoms with Gasteiger partial charge in [-0.1, -0.05) is 99.0 Å². The average molecular weight is 322 g/mol. The second-order valence-corrected chi connectivity index (χ2v) is 6.35. The van der Waals surface area contributed by atoms with E-state index in [1.165, 1.54) is 36.8 Å². The molecule has 0 amide bonds. The summed E-state index contributed by atoms with van der Waals surface area (Å²) in [5, 5.41) is 0. The van der Waals surface area contributed by atoms with Crippen molar-refractivity contribution in [3.05, 3.63) is 77.9 Å². The summed E-state index contributed by atoms with van der Waals surface area (Å²) in [6.07, 6.45) is 10.9. The standard InChI is InChI=1S/C23H30O/c1-2-3-6-11-22(17-16-21-12-7-4-8-13-21)18-19-24-20-23-14-9-5-10-15-23/h4-5,7-10,12-17,22H,2-3,6,11,18-20H2,1H3/b17-16+. The molecule has 1 atom stereocenters. The predicted octanol–water partition coefficient (Wildman–Crippen LogP) is 6.50. The van der Waals surface area contributed by atoms with E-state index in [-0.39, 0.29) is 0 Å². The Balaban J connectivity index is 1.78. The van der Waals surface area contributed by atoms with Gasteiger partial charge in [-0.05, 0) is 29.9 Å². The van der Waals surface area contributed by atoms with Crippen LogP contribution in [0.1, 0.15) is 50.2 Å². The van der Waals surface area contributed by atoms with E-state index < -0.39 is 0 Å². The van der Waals surface area contributed by atoms with Crippen LogP contribution < -0.4 is 0 Å². The van der Waals surface area contributed by atoms with E-state index in [1.54, 1.807) is 0 Å². The highest BCUT2D eigenvalue weighted by atomic mass is 16.5. The van der Waals surface area contributed by atoms with Crippen LogP contribution in [0.15, 0.2) is 66.7 Å². The van der Waals surface area contributed by atoms with Gasteiger partial charge < -0.3 is 4.74 Å². The molecule has 1 heteroatoms. The Hall–Kier alpha value is -1.86. The fourth-order valence-electron chi connectivity index (χ4n) is 2.80. The second-order valence-electron chi connectivity index (χ2n) is 6.35. The highest BCUT2D eigenvalue weighted by Crippen LogP contribution is 2.18. The molecule has 0 aromatic heterocycles. The topological polar surface area (TPSA) is 9.23 Å². The second kappa shape index (κ2) is 11.6. The minimum absolute atomic E-state index is 0.604. The monoisotopic (exact) mass is 322 g/mol. The Morgan fingerprint density at radius 2 is 1.58 bits per heavy atom. The highest BCUT2D eigenvalue weighted by molar-refractivity contribution is 5.48. The molecule has 0 aliphatic heterocycles. The van der Waals surface area contributed by atoms with Crippen molar-refractivity contribution < 1.29 is 4.74 Å². The van der Waals surface area contributed by atoms with E-state index >= 15 is 0 Å². The van der Waals surface area contributed by atoms with Crippen LogP contribution in [0.3, 0.4) is 0 Å². The molecule has 0 heterocycles. The molecule has 1 unspecified atom stereocenters. The minimum Gasteiger partial charge on any atom is -0.377 e. The molecule has 2 aromatic rings. The first kappa shape index (κ1) is 18.5. The van der Waals surface area contributed by atoms with Gasteiger partial charge in [0.15, 0.2) is 0 Å². The molecule has 128 valence electrons. The first-order valence-corrected chi connectivity index (χ1v) is 9.23. The van der Waals surface area contributed by atoms with Crippen molar-refractivity contribution in [1.29, 1.82) is 0 Å². The van der Waals surface area contributed by atoms with Crippen molar-refractivity contribution >= 4 is 6.08 Å². The molecule has 0 saturated heterocycles. The normalized spacial score (nSPS) is 12.5. The molecular formula is C23H30O. The van der Waals surface area contributed by atoms with Gasteiger partial charge in [0, 0.05) is 6.61 Å². The van der Waals surface area contributed by atoms with Gasteiger partial charge >= 0.3 is 0 Å². The molecular weight excluding hydrogens is 292 g/mol. The van der Waals surface area contributed by atoms with Gasteiger partial charge in [0.25, 0.3) is 0 Å². The highest BCUT2D eigenvalue weighted by Gasteiger charge is 2.05. The van der Waals surface area contributed by atoms with Gasteiger partial charge in [0.1, 0.15) is 0 Å². The van der Waals surface area contributed by atoms with Crippen molar-refractivity contribution in [1.82, 2.24) is 0 Å². The van der Waals surface area contributed by atoms with Crippen LogP contribution in [-0.2, 0) is 11.3 Å². The molecule has 2 aromatic carbocycles. The Labute approximate surface area is 147 Å². The smallest absolute Gasteiger partial charge is 0.0716 e. The lowest BCUT2D eigenvalue weighted by atomic mass is 9.97. The molecule has 0 N–H and O–H groups in total. The molecule has 2 rings (SSSR count). The van der Waals surface area contributed by atoms with E-state index in [0.717, 1.165) is 13.0 Å². The third-order valence-electron chi connectivity index (χ3n) is 4.28. The molecule has 1 nitrogen and oxygen atoms in total. The Morgan fingerprint density at radius 3 is 2.29 bits per heavy atom. The van der Waals surface area contributed by atoms with Gasteiger partial charge in [-0.3, -0.25) is 0 Å². The van der Waals surface area contributed by atoms with Crippen LogP contribution in [0, 0.1) is 5.92 Å². The third-order valence-corrected chi connectivity index (χ3v) is 4.28. The molecule has 0 fully saturated rings. The van der Waals surface area contributed by atoms with Crippen LogP contribution in [0.5, 0.6) is 0 Å². The largest absolute Gasteiger partial charge is 0.377 e. The third kappa shape index (κ3) is 7.61. The summed E-state index contributed by atoms with van der Waals surface area (Å²) in [4.78, 5) is 0. The maximum atomic E-state index is 5.87. The summed E-state index contributed by atoms with van der Waals surface area (Å²) in [5.41, 5.74) is 2.53. The molecule has 0 radical (unpaired) electrons. The summed E-state index contributed by atoms with van der Waals surface area (Å²) in [7, 11) is 0. The minimum atomic E-state index is 0.604. The predicted molar refractivity (Wildman–Crippen MR) is 104 cm³/mol. The van der Waals surface area contributed by atoms with Crippen molar-refractivity contribution in [3.63, 3.8) is 0 Å². The zero-order valence-electron chi connectivity index (χ0n) is 14.9. The molecule has 0 bridgehead atoms. The van der Waals surface area contributed by atoms with E-state index in [1.807, 2.05) is 6.07 Å². The number of benzene rings is 2. The lowest BCUT2D eigenvalue weighted by Gasteiger charge is -2.13. The van der Waals surface area contributed by atoms with E-state index in [4.69, 9.17) is 4.74 Å². The fourth-order valence-corrected chi connectivity index (χ4v) is 2.80. The molecule has 0 aliphatic rings. The van der Waals surface area contributed by atoms with Gasteiger partial charge in [-0.2, -0.15) is 0 Å². The molecule has 0 spiro atoms. The number of allylic oxidation sites excluding steroid dienone is 1. The van der Waals surface area contributed by atoms with Crippen molar-refractivity contribution in [2.45, 2.75) is 45.6 Å². The van der Waals surface area contributed by atoms with Gasteiger partial charge in [-0.15, -0.1) is 0 Å². The summed E-state index contributed by atoms with van der Waals surface area (Å²) in [5.74, 6) is 0.604. The van der Waals surface area contributed by atoms with E-state index in [2.05, 4.69) is 73.7 Å². The van der Waals surface area contributed by atoms with Gasteiger partial charge in [0.2, 0.25) is 0 Å². The average Bonchev–Trinajstić information content (AvgIpc) is 2.64. The lowest BCUT2D eigenvalue weighted by molar-refractivity contribution is 0.110. The Bertz CT molecular complexity index is 559. The molecule has 0 aliphatic carbocycles. The quantitative estimate of drug-likeness (QED) is 0.429. The Morgan fingerprint density at radius 1 is 0.875 bits per heavy atom. The zero-order chi connectivity index (χ0) is 16.9. The summed E-state index contributed by atoms with van der Waals surface area (Å²) >= 11 is 0. The number of hydrogen-bond donors (Lipinski definition) is 0. The molecule has 24 heavy (non-hydrogen) atoms. The number of rotatable bonds is 11. The van der Waals surface area contributed by atoms with Gasteiger partial charge in [0.05, 0.1) is 6.61 Å². The van der Waals surface area contributed by atoms with Crippen molar-refractivity contribution in [2.24, 2.45) is 5.92 Å². The summed E-state index contributed by atoms with van der Waals surface area (Å²) in [6, 6.07) is 21.0. The Kier molecular flexibility index (Phi) is 8.96. The van der Waals surface area contributed by atoms with Crippen molar-refractivity contribution in [3.8, 4) is 0 Å². The first-order valence-electron chi connectivity index (χ1n) is 9.23. The number of hydrogen-bond acceptors (Lipinski definition) is 1. The lowest BCUT2D eigenvalue weighted by Crippen LogP contribution is -2.04. The van der Waals surface area contributed by atoms with Crippen LogP contribution in [-0.4, -0.2) is 6.61 Å². The van der Waals surface area contributed by atoms with E-state index in [0.29, 0.717) is 12.5 Å². The zero-order valence-corrected chi connectivity index (χ0v) is 14.9. The fraction of sp³-hybridized carbons (Fsp3) is 0.391. The number of ether oxygens (including phenoxy) is 1. The summed E-state index contributed by atoms with van der Waals surface area (Å²) in [6.45, 7) is 3.80. The molecule has 0 saturated carbocycles. The van der Waals surface area contributed by atoms with Crippen molar-refractivity contribution in [2.75, 3.05) is 6.61 Å².